The van der Waals surface area contributed by atoms with Gasteiger partial charge in [0.15, 0.2) is 0 Å². The average Bonchev–Trinajstić information content (AvgIpc) is 2.74. The second-order valence-corrected chi connectivity index (χ2v) is 6.40. The maximum Gasteiger partial charge on any atom is 0.275 e. The van der Waals surface area contributed by atoms with Gasteiger partial charge >= 0.3 is 0 Å². The zero-order valence-corrected chi connectivity index (χ0v) is 15.4. The van der Waals surface area contributed by atoms with E-state index in [-0.39, 0.29) is 11.3 Å². The lowest BCUT2D eigenvalue weighted by molar-refractivity contribution is 0.0952. The van der Waals surface area contributed by atoms with Gasteiger partial charge in [0.25, 0.3) is 5.91 Å². The van der Waals surface area contributed by atoms with Crippen molar-refractivity contribution in [2.45, 2.75) is 0 Å². The Hall–Kier alpha value is -4.12. The Balaban J connectivity index is 1.45. The van der Waals surface area contributed by atoms with Gasteiger partial charge in [0, 0.05) is 0 Å². The van der Waals surface area contributed by atoms with E-state index in [4.69, 9.17) is 4.74 Å². The van der Waals surface area contributed by atoms with E-state index in [1.165, 1.54) is 6.21 Å². The number of carbonyl (C=O) groups excluding carboxylic acids is 1. The van der Waals surface area contributed by atoms with E-state index in [0.29, 0.717) is 5.75 Å². The number of amides is 1. The van der Waals surface area contributed by atoms with Crippen LogP contribution in [0.3, 0.4) is 0 Å². The van der Waals surface area contributed by atoms with Gasteiger partial charge in [-0.05, 0) is 52.7 Å². The normalized spacial score (nSPS) is 10.9. The second kappa shape index (κ2) is 8.27. The lowest BCUT2D eigenvalue weighted by Gasteiger charge is -2.06. The van der Waals surface area contributed by atoms with Crippen LogP contribution < -0.4 is 10.2 Å². The van der Waals surface area contributed by atoms with Gasteiger partial charge in [-0.3, -0.25) is 4.79 Å². The second-order valence-electron chi connectivity index (χ2n) is 6.40. The van der Waals surface area contributed by atoms with Crippen LogP contribution in [-0.4, -0.2) is 17.2 Å². The van der Waals surface area contributed by atoms with Crippen LogP contribution >= 0.6 is 0 Å². The van der Waals surface area contributed by atoms with Gasteiger partial charge in [-0.25, -0.2) is 5.43 Å². The molecule has 5 heteroatoms. The van der Waals surface area contributed by atoms with Crippen molar-refractivity contribution in [2.24, 2.45) is 5.10 Å². The Kier molecular flexibility index (Phi) is 5.21. The molecule has 29 heavy (non-hydrogen) atoms. The minimum Gasteiger partial charge on any atom is -0.507 e. The van der Waals surface area contributed by atoms with E-state index in [1.54, 1.807) is 12.1 Å². The first kappa shape index (κ1) is 18.3. The molecule has 0 atom stereocenters. The molecule has 2 N–H and O–H groups in total. The third kappa shape index (κ3) is 4.42. The summed E-state index contributed by atoms with van der Waals surface area (Å²) in [5, 5.41) is 15.9. The summed E-state index contributed by atoms with van der Waals surface area (Å²) in [5.74, 6) is 0.830. The number of ether oxygens (including phenoxy) is 1. The summed E-state index contributed by atoms with van der Waals surface area (Å²) in [6.07, 6.45) is 1.52. The molecule has 0 heterocycles. The summed E-state index contributed by atoms with van der Waals surface area (Å²) in [5.41, 5.74) is 3.39. The van der Waals surface area contributed by atoms with Crippen LogP contribution in [0.2, 0.25) is 0 Å². The number of hydrogen-bond acceptors (Lipinski definition) is 4. The Bertz CT molecular complexity index is 1190. The number of hydrogen-bond donors (Lipinski definition) is 2. The number of para-hydroxylation sites is 1. The number of benzene rings is 4. The number of phenols is 1. The molecule has 0 aliphatic carbocycles. The lowest BCUT2D eigenvalue weighted by Crippen LogP contribution is -2.17. The lowest BCUT2D eigenvalue weighted by atomic mass is 10.1. The van der Waals surface area contributed by atoms with Gasteiger partial charge in [-0.1, -0.05) is 54.6 Å². The number of carbonyl (C=O) groups is 1. The molecule has 142 valence electrons. The molecule has 0 saturated carbocycles. The van der Waals surface area contributed by atoms with Gasteiger partial charge in [0.05, 0.1) is 11.8 Å². The molecule has 0 fully saturated rings. The van der Waals surface area contributed by atoms with Gasteiger partial charge in [0.1, 0.15) is 17.2 Å². The molecule has 0 aliphatic rings. The highest BCUT2D eigenvalue weighted by Gasteiger charge is 2.11. The van der Waals surface area contributed by atoms with Crippen LogP contribution in [0.25, 0.3) is 10.8 Å². The van der Waals surface area contributed by atoms with Crippen molar-refractivity contribution in [3.05, 3.63) is 102 Å². The van der Waals surface area contributed by atoms with Crippen LogP contribution in [0.5, 0.6) is 17.2 Å². The highest BCUT2D eigenvalue weighted by atomic mass is 16.5. The molecule has 0 bridgehead atoms. The number of rotatable bonds is 5. The maximum absolute atomic E-state index is 12.4. The third-order valence-electron chi connectivity index (χ3n) is 4.33. The smallest absolute Gasteiger partial charge is 0.275 e. The Morgan fingerprint density at radius 3 is 2.31 bits per heavy atom. The Labute approximate surface area is 167 Å². The van der Waals surface area contributed by atoms with E-state index in [2.05, 4.69) is 10.5 Å². The largest absolute Gasteiger partial charge is 0.507 e. The van der Waals surface area contributed by atoms with Crippen molar-refractivity contribution in [1.29, 1.82) is 0 Å². The van der Waals surface area contributed by atoms with Gasteiger partial charge < -0.3 is 9.84 Å². The molecule has 0 aliphatic heterocycles. The first-order chi connectivity index (χ1) is 14.2. The summed E-state index contributed by atoms with van der Waals surface area (Å²) < 4.78 is 5.79. The topological polar surface area (TPSA) is 70.9 Å². The van der Waals surface area contributed by atoms with Crippen molar-refractivity contribution >= 4 is 22.9 Å². The number of nitrogens with one attached hydrogen (secondary N) is 1. The van der Waals surface area contributed by atoms with Crippen molar-refractivity contribution in [3.63, 3.8) is 0 Å². The predicted molar refractivity (Wildman–Crippen MR) is 114 cm³/mol. The van der Waals surface area contributed by atoms with Crippen molar-refractivity contribution in [2.75, 3.05) is 0 Å². The third-order valence-corrected chi connectivity index (χ3v) is 4.33. The van der Waals surface area contributed by atoms with Crippen LogP contribution in [-0.2, 0) is 0 Å². The molecule has 0 radical (unpaired) electrons. The van der Waals surface area contributed by atoms with Gasteiger partial charge in [-0.2, -0.15) is 5.10 Å². The van der Waals surface area contributed by atoms with E-state index in [9.17, 15) is 9.90 Å². The quantitative estimate of drug-likeness (QED) is 0.373. The first-order valence-corrected chi connectivity index (χ1v) is 9.07. The van der Waals surface area contributed by atoms with Crippen molar-refractivity contribution in [3.8, 4) is 17.2 Å². The molecule has 0 saturated heterocycles. The van der Waals surface area contributed by atoms with Crippen LogP contribution in [0.1, 0.15) is 15.9 Å². The van der Waals surface area contributed by atoms with Crippen molar-refractivity contribution in [1.82, 2.24) is 5.43 Å². The molecular weight excluding hydrogens is 364 g/mol. The van der Waals surface area contributed by atoms with Crippen LogP contribution in [0.15, 0.2) is 96.1 Å². The number of nitrogens with zero attached hydrogens (tertiary/aromatic N) is 1. The maximum atomic E-state index is 12.4. The van der Waals surface area contributed by atoms with Crippen molar-refractivity contribution < 1.29 is 14.6 Å². The Morgan fingerprint density at radius 2 is 1.52 bits per heavy atom. The van der Waals surface area contributed by atoms with E-state index >= 15 is 0 Å². The van der Waals surface area contributed by atoms with Gasteiger partial charge in [-0.15, -0.1) is 0 Å². The molecule has 0 spiro atoms. The number of phenolic OH excluding ortho intramolecular Hbond substituents is 1. The van der Waals surface area contributed by atoms with Gasteiger partial charge in [0.2, 0.25) is 0 Å². The standard InChI is InChI=1S/C24H18N2O3/c27-23-15-19-9-5-4-8-18(19)14-22(23)24(28)26-25-16-17-7-6-12-21(13-17)29-20-10-2-1-3-11-20/h1-16,27H,(H,26,28). The average molecular weight is 382 g/mol. The summed E-state index contributed by atoms with van der Waals surface area (Å²) >= 11 is 0. The summed E-state index contributed by atoms with van der Waals surface area (Å²) in [7, 11) is 0. The zero-order valence-electron chi connectivity index (χ0n) is 15.4. The molecule has 1 amide bonds. The fourth-order valence-electron chi connectivity index (χ4n) is 2.92. The fraction of sp³-hybridized carbons (Fsp3) is 0. The van der Waals surface area contributed by atoms with Crippen LogP contribution in [0, 0.1) is 0 Å². The SMILES string of the molecule is O=C(NN=Cc1cccc(Oc2ccccc2)c1)c1cc2ccccc2cc1O. The molecule has 5 nitrogen and oxygen atoms in total. The number of aromatic hydroxyl groups is 1. The van der Waals surface area contributed by atoms with E-state index < -0.39 is 5.91 Å². The first-order valence-electron chi connectivity index (χ1n) is 9.07. The molecule has 0 unspecified atom stereocenters. The molecule has 4 aromatic carbocycles. The number of hydrazone groups is 1. The Morgan fingerprint density at radius 1 is 0.828 bits per heavy atom. The monoisotopic (exact) mass is 382 g/mol. The zero-order chi connectivity index (χ0) is 20.1. The highest BCUT2D eigenvalue weighted by molar-refractivity contribution is 6.01. The minimum atomic E-state index is -0.485. The van der Waals surface area contributed by atoms with Crippen LogP contribution in [0.4, 0.5) is 0 Å². The summed E-state index contributed by atoms with van der Waals surface area (Å²) in [6.45, 7) is 0. The molecule has 4 aromatic rings. The van der Waals surface area contributed by atoms with E-state index in [0.717, 1.165) is 22.1 Å². The predicted octanol–water partition coefficient (Wildman–Crippen LogP) is 5.10. The molecular formula is C24H18N2O3. The minimum absolute atomic E-state index is 0.0883. The molecule has 4 rings (SSSR count). The fourth-order valence-corrected chi connectivity index (χ4v) is 2.92. The summed E-state index contributed by atoms with van der Waals surface area (Å²) in [6, 6.07) is 27.5. The van der Waals surface area contributed by atoms with E-state index in [1.807, 2.05) is 78.9 Å². The highest BCUT2D eigenvalue weighted by Crippen LogP contribution is 2.25. The summed E-state index contributed by atoms with van der Waals surface area (Å²) in [4.78, 5) is 12.4. The molecule has 0 aromatic heterocycles. The number of fused-ring (bicyclic) bond motifs is 1.